The molecule has 164 valence electrons. The lowest BCUT2D eigenvalue weighted by molar-refractivity contribution is 0.262. The molecule has 3 N–H and O–H groups in total. The highest BCUT2D eigenvalue weighted by molar-refractivity contribution is 7.92. The van der Waals surface area contributed by atoms with E-state index in [-0.39, 0.29) is 10.4 Å². The van der Waals surface area contributed by atoms with Crippen LogP contribution in [0.25, 0.3) is 0 Å². The zero-order valence-electron chi connectivity index (χ0n) is 18.2. The predicted octanol–water partition coefficient (Wildman–Crippen LogP) is 4.70. The van der Waals surface area contributed by atoms with Gasteiger partial charge in [0.2, 0.25) is 0 Å². The summed E-state index contributed by atoms with van der Waals surface area (Å²) in [6.07, 6.45) is 0. The van der Waals surface area contributed by atoms with E-state index in [9.17, 15) is 13.2 Å². The molecule has 0 unspecified atom stereocenters. The number of carbonyl (C=O) groups is 1. The second-order valence-corrected chi connectivity index (χ2v) is 9.83. The molecular weight excluding hydrogens is 414 g/mol. The molecule has 3 aromatic rings. The third-order valence-electron chi connectivity index (χ3n) is 4.53. The Morgan fingerprint density at radius 3 is 2.10 bits per heavy atom. The molecule has 8 nitrogen and oxygen atoms in total. The molecule has 0 fully saturated rings. The van der Waals surface area contributed by atoms with Crippen LogP contribution in [0.1, 0.15) is 32.2 Å². The topological polar surface area (TPSA) is 105 Å². The number of amides is 2. The molecule has 3 rings (SSSR count). The van der Waals surface area contributed by atoms with E-state index in [1.807, 2.05) is 39.0 Å². The fraction of sp³-hybridized carbons (Fsp3) is 0.273. The average Bonchev–Trinajstić information content (AvgIpc) is 2.97. The molecule has 0 spiro atoms. The quantitative estimate of drug-likeness (QED) is 0.534. The number of hydrogen-bond acceptors (Lipinski definition) is 4. The fourth-order valence-electron chi connectivity index (χ4n) is 3.35. The van der Waals surface area contributed by atoms with Gasteiger partial charge in [-0.3, -0.25) is 9.40 Å². The van der Waals surface area contributed by atoms with Gasteiger partial charge < -0.3 is 10.6 Å². The maximum Gasteiger partial charge on any atom is 0.323 e. The summed E-state index contributed by atoms with van der Waals surface area (Å²) in [7, 11) is -3.87. The van der Waals surface area contributed by atoms with Gasteiger partial charge in [0.05, 0.1) is 22.6 Å². The predicted molar refractivity (Wildman–Crippen MR) is 123 cm³/mol. The van der Waals surface area contributed by atoms with Crippen LogP contribution in [0.3, 0.4) is 0 Å². The van der Waals surface area contributed by atoms with Crippen LogP contribution < -0.4 is 15.4 Å². The van der Waals surface area contributed by atoms with Crippen molar-refractivity contribution in [1.82, 2.24) is 9.78 Å². The Hall–Kier alpha value is -3.33. The second kappa shape index (κ2) is 8.43. The Labute approximate surface area is 182 Å². The van der Waals surface area contributed by atoms with Crippen LogP contribution in [0.4, 0.5) is 21.9 Å². The van der Waals surface area contributed by atoms with Crippen molar-refractivity contribution < 1.29 is 13.2 Å². The molecule has 0 aliphatic rings. The van der Waals surface area contributed by atoms with Crippen LogP contribution in [0, 0.1) is 13.8 Å². The van der Waals surface area contributed by atoms with Crippen molar-refractivity contribution in [3.05, 3.63) is 66.0 Å². The summed E-state index contributed by atoms with van der Waals surface area (Å²) in [6, 6.07) is 15.1. The fourth-order valence-corrected chi connectivity index (χ4v) is 4.80. The van der Waals surface area contributed by atoms with Crippen LogP contribution in [-0.2, 0) is 15.6 Å². The molecule has 0 saturated carbocycles. The third-order valence-corrected chi connectivity index (χ3v) is 6.17. The Morgan fingerprint density at radius 1 is 0.903 bits per heavy atom. The summed E-state index contributed by atoms with van der Waals surface area (Å²) in [4.78, 5) is 12.4. The second-order valence-electron chi connectivity index (χ2n) is 8.21. The highest BCUT2D eigenvalue weighted by atomic mass is 32.2. The number of nitrogens with one attached hydrogen (secondary N) is 3. The summed E-state index contributed by atoms with van der Waals surface area (Å²) in [5.74, 6) is 0. The van der Waals surface area contributed by atoms with Gasteiger partial charge in [0.1, 0.15) is 4.90 Å². The lowest BCUT2D eigenvalue weighted by Crippen LogP contribution is -2.25. The Morgan fingerprint density at radius 2 is 1.48 bits per heavy atom. The van der Waals surface area contributed by atoms with Crippen molar-refractivity contribution >= 4 is 33.1 Å². The van der Waals surface area contributed by atoms with Crippen molar-refractivity contribution in [3.8, 4) is 0 Å². The van der Waals surface area contributed by atoms with Gasteiger partial charge in [0.25, 0.3) is 10.0 Å². The van der Waals surface area contributed by atoms with Crippen molar-refractivity contribution in [1.29, 1.82) is 0 Å². The molecule has 9 heteroatoms. The lowest BCUT2D eigenvalue weighted by atomic mass is 10.1. The number of aromatic nitrogens is 2. The van der Waals surface area contributed by atoms with Crippen molar-refractivity contribution in [2.45, 2.75) is 45.1 Å². The molecule has 1 aromatic heterocycles. The summed E-state index contributed by atoms with van der Waals surface area (Å²) < 4.78 is 30.5. The van der Waals surface area contributed by atoms with Gasteiger partial charge in [-0.05, 0) is 65.0 Å². The van der Waals surface area contributed by atoms with Crippen LogP contribution in [-0.4, -0.2) is 24.2 Å². The number of sulfonamides is 1. The van der Waals surface area contributed by atoms with E-state index < -0.39 is 16.1 Å². The van der Waals surface area contributed by atoms with Gasteiger partial charge in [-0.25, -0.2) is 13.2 Å². The van der Waals surface area contributed by atoms with E-state index >= 15 is 0 Å². The SMILES string of the molecule is Cc1nn(C(C)(C)C)c(C)c1S(=O)(=O)Nc1cccc(NC(=O)Nc2ccccc2)c1. The monoisotopic (exact) mass is 441 g/mol. The van der Waals surface area contributed by atoms with Gasteiger partial charge >= 0.3 is 6.03 Å². The molecule has 2 aromatic carbocycles. The molecule has 0 aliphatic carbocycles. The standard InChI is InChI=1S/C22H27N5O3S/c1-15-20(16(2)27(25-15)22(3,4)5)31(29,30)26-19-13-9-12-18(14-19)24-21(28)23-17-10-7-6-8-11-17/h6-14,26H,1-5H3,(H2,23,24,28). The van der Waals surface area contributed by atoms with E-state index in [4.69, 9.17) is 0 Å². The number of para-hydroxylation sites is 1. The van der Waals surface area contributed by atoms with Crippen molar-refractivity contribution in [2.75, 3.05) is 15.4 Å². The van der Waals surface area contributed by atoms with E-state index in [2.05, 4.69) is 20.5 Å². The number of hydrogen-bond donors (Lipinski definition) is 3. The zero-order valence-corrected chi connectivity index (χ0v) is 19.0. The minimum Gasteiger partial charge on any atom is -0.308 e. The Balaban J connectivity index is 1.79. The first kappa shape index (κ1) is 22.4. The molecule has 2 amide bonds. The third kappa shape index (κ3) is 5.24. The van der Waals surface area contributed by atoms with E-state index in [1.54, 1.807) is 54.9 Å². The van der Waals surface area contributed by atoms with E-state index in [0.717, 1.165) is 0 Å². The van der Waals surface area contributed by atoms with Crippen LogP contribution in [0.15, 0.2) is 59.5 Å². The number of carbonyl (C=O) groups excluding carboxylic acids is 1. The summed E-state index contributed by atoms with van der Waals surface area (Å²) in [5.41, 5.74) is 2.08. The molecular formula is C22H27N5O3S. The number of urea groups is 1. The minimum atomic E-state index is -3.87. The number of anilines is 3. The summed E-state index contributed by atoms with van der Waals surface area (Å²) in [6.45, 7) is 9.31. The van der Waals surface area contributed by atoms with Crippen LogP contribution in [0.2, 0.25) is 0 Å². The van der Waals surface area contributed by atoms with Crippen LogP contribution in [0.5, 0.6) is 0 Å². The average molecular weight is 442 g/mol. The molecule has 1 heterocycles. The first-order chi connectivity index (χ1) is 14.5. The number of aryl methyl sites for hydroxylation is 1. The van der Waals surface area contributed by atoms with E-state index in [1.165, 1.54) is 0 Å². The molecule has 0 bridgehead atoms. The molecule has 0 atom stereocenters. The van der Waals surface area contributed by atoms with Crippen molar-refractivity contribution in [3.63, 3.8) is 0 Å². The number of benzene rings is 2. The highest BCUT2D eigenvalue weighted by Crippen LogP contribution is 2.27. The normalized spacial score (nSPS) is 11.8. The molecule has 0 saturated heterocycles. The lowest BCUT2D eigenvalue weighted by Gasteiger charge is -2.21. The summed E-state index contributed by atoms with van der Waals surface area (Å²) in [5, 5.41) is 9.84. The molecule has 31 heavy (non-hydrogen) atoms. The first-order valence-electron chi connectivity index (χ1n) is 9.80. The van der Waals surface area contributed by atoms with Gasteiger partial charge in [-0.2, -0.15) is 5.10 Å². The maximum absolute atomic E-state index is 13.1. The van der Waals surface area contributed by atoms with Gasteiger partial charge in [0.15, 0.2) is 0 Å². The molecule has 0 aliphatic heterocycles. The van der Waals surface area contributed by atoms with Gasteiger partial charge in [-0.15, -0.1) is 0 Å². The Bertz CT molecular complexity index is 1200. The molecule has 0 radical (unpaired) electrons. The Kier molecular flexibility index (Phi) is 6.08. The highest BCUT2D eigenvalue weighted by Gasteiger charge is 2.28. The van der Waals surface area contributed by atoms with Gasteiger partial charge in [0, 0.05) is 11.4 Å². The maximum atomic E-state index is 13.1. The smallest absolute Gasteiger partial charge is 0.308 e. The van der Waals surface area contributed by atoms with Crippen LogP contribution >= 0.6 is 0 Å². The largest absolute Gasteiger partial charge is 0.323 e. The van der Waals surface area contributed by atoms with E-state index in [0.29, 0.717) is 28.5 Å². The summed E-state index contributed by atoms with van der Waals surface area (Å²) >= 11 is 0. The van der Waals surface area contributed by atoms with Crippen molar-refractivity contribution in [2.24, 2.45) is 0 Å². The zero-order chi connectivity index (χ0) is 22.8. The number of nitrogens with zero attached hydrogens (tertiary/aromatic N) is 2. The number of rotatable bonds is 5. The van der Waals surface area contributed by atoms with Gasteiger partial charge in [-0.1, -0.05) is 24.3 Å². The minimum absolute atomic E-state index is 0.155. The first-order valence-corrected chi connectivity index (χ1v) is 11.3.